The molecule has 0 atom stereocenters. The topological polar surface area (TPSA) is 20.2 Å². The average molecular weight is 216 g/mol. The van der Waals surface area contributed by atoms with Crippen molar-refractivity contribution in [3.8, 4) is 5.75 Å². The molecular weight excluding hydrogens is 201 g/mol. The Morgan fingerprint density at radius 2 is 1.83 bits per heavy atom. The van der Waals surface area contributed by atoms with Gasteiger partial charge < -0.3 is 5.11 Å². The van der Waals surface area contributed by atoms with Gasteiger partial charge in [0, 0.05) is 19.5 Å². The third kappa shape index (κ3) is 2.60. The van der Waals surface area contributed by atoms with E-state index in [1.54, 1.807) is 0 Å². The maximum absolute atomic E-state index is 9.35. The van der Waals surface area contributed by atoms with E-state index in [-0.39, 0.29) is 19.5 Å². The summed E-state index contributed by atoms with van der Waals surface area (Å²) < 4.78 is 0. The Bertz CT molecular complexity index is 256. The fraction of sp³-hybridized carbons (Fsp3) is 0.400. The molecule has 1 aromatic carbocycles. The summed E-state index contributed by atoms with van der Waals surface area (Å²) in [5.41, 5.74) is 2.13. The molecule has 0 heterocycles. The van der Waals surface area contributed by atoms with Crippen LogP contribution in [0.15, 0.2) is 18.2 Å². The number of hydrogen-bond acceptors (Lipinski definition) is 1. The van der Waals surface area contributed by atoms with Gasteiger partial charge in [-0.05, 0) is 30.0 Å². The summed E-state index contributed by atoms with van der Waals surface area (Å²) in [6.45, 7) is 6.13. The standard InChI is InChI=1S/C10H14O.Zn/c1-7(2)9-5-4-8(3)10(11)6-9;/h4-7,11H,1-3H3;. The number of aryl methyl sites for hydroxylation is 1. The van der Waals surface area contributed by atoms with E-state index in [4.69, 9.17) is 0 Å². The second-order valence-electron chi connectivity index (χ2n) is 3.20. The van der Waals surface area contributed by atoms with E-state index < -0.39 is 0 Å². The summed E-state index contributed by atoms with van der Waals surface area (Å²) in [4.78, 5) is 0. The zero-order chi connectivity index (χ0) is 8.43. The van der Waals surface area contributed by atoms with Gasteiger partial charge in [0.15, 0.2) is 0 Å². The summed E-state index contributed by atoms with van der Waals surface area (Å²) in [6.07, 6.45) is 0. The van der Waals surface area contributed by atoms with Crippen molar-refractivity contribution in [2.45, 2.75) is 26.7 Å². The molecule has 1 rings (SSSR count). The number of aromatic hydroxyl groups is 1. The molecule has 0 radical (unpaired) electrons. The minimum Gasteiger partial charge on any atom is -0.508 e. The van der Waals surface area contributed by atoms with Crippen molar-refractivity contribution >= 4 is 0 Å². The molecule has 1 N–H and O–H groups in total. The second kappa shape index (κ2) is 4.62. The summed E-state index contributed by atoms with van der Waals surface area (Å²) in [7, 11) is 0. The van der Waals surface area contributed by atoms with Crippen molar-refractivity contribution in [2.75, 3.05) is 0 Å². The van der Waals surface area contributed by atoms with Crippen LogP contribution in [0.5, 0.6) is 5.75 Å². The molecule has 12 heavy (non-hydrogen) atoms. The smallest absolute Gasteiger partial charge is 0.118 e. The second-order valence-corrected chi connectivity index (χ2v) is 3.20. The maximum Gasteiger partial charge on any atom is 0.118 e. The summed E-state index contributed by atoms with van der Waals surface area (Å²) in [5.74, 6) is 0.887. The van der Waals surface area contributed by atoms with Crippen LogP contribution in [0.3, 0.4) is 0 Å². The van der Waals surface area contributed by atoms with Gasteiger partial charge in [0.25, 0.3) is 0 Å². The van der Waals surface area contributed by atoms with Crippen LogP contribution in [0, 0.1) is 6.92 Å². The third-order valence-corrected chi connectivity index (χ3v) is 1.90. The normalized spacial score (nSPS) is 9.67. The summed E-state index contributed by atoms with van der Waals surface area (Å²) in [6, 6.07) is 5.84. The molecule has 0 aliphatic heterocycles. The molecule has 0 saturated heterocycles. The number of hydrogen-bond donors (Lipinski definition) is 1. The van der Waals surface area contributed by atoms with Crippen LogP contribution in [0.1, 0.15) is 30.9 Å². The van der Waals surface area contributed by atoms with Gasteiger partial charge in [-0.1, -0.05) is 26.0 Å². The van der Waals surface area contributed by atoms with Crippen LogP contribution in [0.25, 0.3) is 0 Å². The van der Waals surface area contributed by atoms with Crippen molar-refractivity contribution in [2.24, 2.45) is 0 Å². The van der Waals surface area contributed by atoms with E-state index in [0.29, 0.717) is 11.7 Å². The molecule has 0 aliphatic rings. The molecule has 2 heteroatoms. The first-order valence-corrected chi connectivity index (χ1v) is 3.91. The number of phenolic OH excluding ortho intramolecular Hbond substituents is 1. The SMILES string of the molecule is Cc1ccc(C(C)C)cc1O.[Zn]. The quantitative estimate of drug-likeness (QED) is 0.715. The molecule has 0 spiro atoms. The first kappa shape index (κ1) is 11.6. The maximum atomic E-state index is 9.35. The minimum absolute atomic E-state index is 0. The molecule has 1 nitrogen and oxygen atoms in total. The molecule has 62 valence electrons. The molecule has 0 unspecified atom stereocenters. The first-order valence-electron chi connectivity index (χ1n) is 3.91. The Kier molecular flexibility index (Phi) is 4.48. The fourth-order valence-corrected chi connectivity index (χ4v) is 0.986. The fourth-order valence-electron chi connectivity index (χ4n) is 0.986. The third-order valence-electron chi connectivity index (χ3n) is 1.90. The Morgan fingerprint density at radius 1 is 1.25 bits per heavy atom. The van der Waals surface area contributed by atoms with Gasteiger partial charge in [-0.15, -0.1) is 0 Å². The van der Waals surface area contributed by atoms with E-state index in [2.05, 4.69) is 19.9 Å². The van der Waals surface area contributed by atoms with Gasteiger partial charge in [-0.2, -0.15) is 0 Å². The van der Waals surface area contributed by atoms with E-state index in [1.807, 2.05) is 19.1 Å². The molecule has 0 aliphatic carbocycles. The van der Waals surface area contributed by atoms with E-state index >= 15 is 0 Å². The average Bonchev–Trinajstić information content (AvgIpc) is 1.94. The molecular formula is C10H14OZn. The number of benzene rings is 1. The Hall–Kier alpha value is -0.357. The molecule has 0 amide bonds. The summed E-state index contributed by atoms with van der Waals surface area (Å²) in [5, 5.41) is 9.35. The van der Waals surface area contributed by atoms with Crippen LogP contribution >= 0.6 is 0 Å². The van der Waals surface area contributed by atoms with E-state index in [9.17, 15) is 5.11 Å². The van der Waals surface area contributed by atoms with Crippen LogP contribution in [-0.4, -0.2) is 5.11 Å². The van der Waals surface area contributed by atoms with Crippen LogP contribution < -0.4 is 0 Å². The number of phenols is 1. The van der Waals surface area contributed by atoms with Crippen LogP contribution in [-0.2, 0) is 19.5 Å². The zero-order valence-electron chi connectivity index (χ0n) is 7.96. The van der Waals surface area contributed by atoms with Crippen molar-refractivity contribution in [1.82, 2.24) is 0 Å². The van der Waals surface area contributed by atoms with Crippen molar-refractivity contribution < 1.29 is 24.6 Å². The zero-order valence-corrected chi connectivity index (χ0v) is 10.9. The van der Waals surface area contributed by atoms with Gasteiger partial charge in [0.05, 0.1) is 0 Å². The van der Waals surface area contributed by atoms with Gasteiger partial charge in [-0.3, -0.25) is 0 Å². The van der Waals surface area contributed by atoms with E-state index in [0.717, 1.165) is 5.56 Å². The van der Waals surface area contributed by atoms with Crippen LogP contribution in [0.2, 0.25) is 0 Å². The Morgan fingerprint density at radius 3 is 2.25 bits per heavy atom. The summed E-state index contributed by atoms with van der Waals surface area (Å²) >= 11 is 0. The predicted molar refractivity (Wildman–Crippen MR) is 46.9 cm³/mol. The molecule has 0 fully saturated rings. The number of rotatable bonds is 1. The molecule has 0 aromatic heterocycles. The van der Waals surface area contributed by atoms with Gasteiger partial charge >= 0.3 is 0 Å². The molecule has 1 aromatic rings. The van der Waals surface area contributed by atoms with Gasteiger partial charge in [0.1, 0.15) is 5.75 Å². The van der Waals surface area contributed by atoms with Crippen molar-refractivity contribution in [3.63, 3.8) is 0 Å². The minimum atomic E-state index is 0. The monoisotopic (exact) mass is 214 g/mol. The first-order chi connectivity index (χ1) is 5.11. The van der Waals surface area contributed by atoms with Crippen molar-refractivity contribution in [1.29, 1.82) is 0 Å². The van der Waals surface area contributed by atoms with Gasteiger partial charge in [0.2, 0.25) is 0 Å². The largest absolute Gasteiger partial charge is 0.508 e. The Labute approximate surface area is 86.6 Å². The predicted octanol–water partition coefficient (Wildman–Crippen LogP) is 2.82. The molecule has 0 saturated carbocycles. The van der Waals surface area contributed by atoms with E-state index in [1.165, 1.54) is 5.56 Å². The van der Waals surface area contributed by atoms with Crippen LogP contribution in [0.4, 0.5) is 0 Å². The van der Waals surface area contributed by atoms with Crippen molar-refractivity contribution in [3.05, 3.63) is 29.3 Å². The van der Waals surface area contributed by atoms with Gasteiger partial charge in [-0.25, -0.2) is 0 Å². The Balaban J connectivity index is 0.00000121. The molecule has 0 bridgehead atoms.